The number of rotatable bonds is 4. The van der Waals surface area contributed by atoms with E-state index in [1.54, 1.807) is 25.1 Å². The molecule has 2 aromatic rings. The third-order valence-corrected chi connectivity index (χ3v) is 2.89. The van der Waals surface area contributed by atoms with E-state index < -0.39 is 0 Å². The van der Waals surface area contributed by atoms with Crippen molar-refractivity contribution in [2.24, 2.45) is 0 Å². The number of hydrogen-bond acceptors (Lipinski definition) is 4. The SMILES string of the molecule is COc1ccc(-n2ncc(CO)c2C)cc1OC. The highest BCUT2D eigenvalue weighted by Crippen LogP contribution is 2.29. The summed E-state index contributed by atoms with van der Waals surface area (Å²) < 4.78 is 12.2. The van der Waals surface area contributed by atoms with E-state index in [-0.39, 0.29) is 6.61 Å². The number of ether oxygens (including phenoxy) is 2. The molecule has 0 spiro atoms. The van der Waals surface area contributed by atoms with Gasteiger partial charge in [-0.05, 0) is 19.1 Å². The smallest absolute Gasteiger partial charge is 0.162 e. The van der Waals surface area contributed by atoms with E-state index in [1.807, 2.05) is 25.1 Å². The normalized spacial score (nSPS) is 10.4. The monoisotopic (exact) mass is 248 g/mol. The average Bonchev–Trinajstić information content (AvgIpc) is 2.79. The number of aromatic nitrogens is 2. The first-order valence-electron chi connectivity index (χ1n) is 5.58. The van der Waals surface area contributed by atoms with Crippen LogP contribution in [0.15, 0.2) is 24.4 Å². The molecule has 0 aliphatic heterocycles. The molecule has 0 atom stereocenters. The zero-order valence-electron chi connectivity index (χ0n) is 10.7. The Kier molecular flexibility index (Phi) is 3.53. The third kappa shape index (κ3) is 2.04. The minimum atomic E-state index is -0.0148. The molecule has 1 heterocycles. The Bertz CT molecular complexity index is 549. The van der Waals surface area contributed by atoms with Crippen molar-refractivity contribution in [1.82, 2.24) is 9.78 Å². The largest absolute Gasteiger partial charge is 0.493 e. The van der Waals surface area contributed by atoms with E-state index in [2.05, 4.69) is 5.10 Å². The van der Waals surface area contributed by atoms with Gasteiger partial charge >= 0.3 is 0 Å². The second-order valence-corrected chi connectivity index (χ2v) is 3.86. The molecular weight excluding hydrogens is 232 g/mol. The van der Waals surface area contributed by atoms with Crippen LogP contribution >= 0.6 is 0 Å². The number of methoxy groups -OCH3 is 2. The van der Waals surface area contributed by atoms with E-state index in [1.165, 1.54) is 0 Å². The molecular formula is C13H16N2O3. The fraction of sp³-hybridized carbons (Fsp3) is 0.308. The summed E-state index contributed by atoms with van der Waals surface area (Å²) in [5.41, 5.74) is 2.58. The summed E-state index contributed by atoms with van der Waals surface area (Å²) >= 11 is 0. The van der Waals surface area contributed by atoms with Gasteiger partial charge in [0.05, 0.1) is 32.7 Å². The number of aliphatic hydroxyl groups excluding tert-OH is 1. The minimum absolute atomic E-state index is 0.0148. The fourth-order valence-electron chi connectivity index (χ4n) is 1.82. The first-order chi connectivity index (χ1) is 8.71. The van der Waals surface area contributed by atoms with E-state index in [9.17, 15) is 0 Å². The molecule has 0 radical (unpaired) electrons. The maximum atomic E-state index is 9.16. The maximum Gasteiger partial charge on any atom is 0.162 e. The summed E-state index contributed by atoms with van der Waals surface area (Å²) in [6.45, 7) is 1.90. The van der Waals surface area contributed by atoms with Crippen LogP contribution in [-0.2, 0) is 6.61 Å². The lowest BCUT2D eigenvalue weighted by atomic mass is 10.2. The Morgan fingerprint density at radius 2 is 1.94 bits per heavy atom. The zero-order valence-corrected chi connectivity index (χ0v) is 10.7. The number of hydrogen-bond donors (Lipinski definition) is 1. The standard InChI is InChI=1S/C13H16N2O3/c1-9-10(8-16)7-14-15(9)11-4-5-12(17-2)13(6-11)18-3/h4-7,16H,8H2,1-3H3. The molecule has 0 bridgehead atoms. The Labute approximate surface area is 106 Å². The molecule has 0 amide bonds. The zero-order chi connectivity index (χ0) is 13.1. The Morgan fingerprint density at radius 3 is 2.50 bits per heavy atom. The van der Waals surface area contributed by atoms with E-state index >= 15 is 0 Å². The van der Waals surface area contributed by atoms with Crippen LogP contribution in [0.25, 0.3) is 5.69 Å². The minimum Gasteiger partial charge on any atom is -0.493 e. The van der Waals surface area contributed by atoms with Crippen molar-refractivity contribution in [2.75, 3.05) is 14.2 Å². The molecule has 1 aromatic carbocycles. The third-order valence-electron chi connectivity index (χ3n) is 2.89. The van der Waals surface area contributed by atoms with Crippen LogP contribution < -0.4 is 9.47 Å². The second-order valence-electron chi connectivity index (χ2n) is 3.86. The van der Waals surface area contributed by atoms with Gasteiger partial charge in [0.1, 0.15) is 0 Å². The first kappa shape index (κ1) is 12.4. The van der Waals surface area contributed by atoms with Crippen LogP contribution in [-0.4, -0.2) is 29.1 Å². The molecule has 18 heavy (non-hydrogen) atoms. The van der Waals surface area contributed by atoms with Crippen molar-refractivity contribution in [1.29, 1.82) is 0 Å². The summed E-state index contributed by atoms with van der Waals surface area (Å²) in [6.07, 6.45) is 1.66. The molecule has 96 valence electrons. The highest BCUT2D eigenvalue weighted by atomic mass is 16.5. The fourth-order valence-corrected chi connectivity index (χ4v) is 1.82. The lowest BCUT2D eigenvalue weighted by Crippen LogP contribution is -2.01. The molecule has 1 aromatic heterocycles. The molecule has 5 heteroatoms. The van der Waals surface area contributed by atoms with Gasteiger partial charge in [-0.2, -0.15) is 5.10 Å². The van der Waals surface area contributed by atoms with Crippen LogP contribution in [0.5, 0.6) is 11.5 Å². The van der Waals surface area contributed by atoms with Gasteiger partial charge in [0.15, 0.2) is 11.5 Å². The quantitative estimate of drug-likeness (QED) is 0.894. The molecule has 2 rings (SSSR count). The van der Waals surface area contributed by atoms with Crippen molar-refractivity contribution in [3.8, 4) is 17.2 Å². The van der Waals surface area contributed by atoms with Gasteiger partial charge in [0.25, 0.3) is 0 Å². The van der Waals surface area contributed by atoms with E-state index in [0.29, 0.717) is 11.5 Å². The van der Waals surface area contributed by atoms with E-state index in [4.69, 9.17) is 14.6 Å². The Balaban J connectivity index is 2.47. The van der Waals surface area contributed by atoms with Crippen molar-refractivity contribution >= 4 is 0 Å². The first-order valence-corrected chi connectivity index (χ1v) is 5.58. The summed E-state index contributed by atoms with van der Waals surface area (Å²) in [5.74, 6) is 1.32. The van der Waals surface area contributed by atoms with Gasteiger partial charge in [-0.1, -0.05) is 0 Å². The number of benzene rings is 1. The molecule has 0 aliphatic rings. The van der Waals surface area contributed by atoms with Crippen LogP contribution in [0.1, 0.15) is 11.3 Å². The van der Waals surface area contributed by atoms with Gasteiger partial charge in [-0.3, -0.25) is 0 Å². The molecule has 0 unspecified atom stereocenters. The predicted molar refractivity (Wildman–Crippen MR) is 67.3 cm³/mol. The highest BCUT2D eigenvalue weighted by molar-refractivity contribution is 5.49. The van der Waals surface area contributed by atoms with E-state index in [0.717, 1.165) is 16.9 Å². The van der Waals surface area contributed by atoms with Gasteiger partial charge in [-0.15, -0.1) is 0 Å². The van der Waals surface area contributed by atoms with Crippen molar-refractivity contribution < 1.29 is 14.6 Å². The summed E-state index contributed by atoms with van der Waals surface area (Å²) in [6, 6.07) is 5.57. The molecule has 5 nitrogen and oxygen atoms in total. The predicted octanol–water partition coefficient (Wildman–Crippen LogP) is 1.69. The van der Waals surface area contributed by atoms with Gasteiger partial charge in [-0.25, -0.2) is 4.68 Å². The lowest BCUT2D eigenvalue weighted by molar-refractivity contribution is 0.281. The van der Waals surface area contributed by atoms with Gasteiger partial charge < -0.3 is 14.6 Å². The highest BCUT2D eigenvalue weighted by Gasteiger charge is 2.10. The maximum absolute atomic E-state index is 9.16. The van der Waals surface area contributed by atoms with Crippen molar-refractivity contribution in [3.05, 3.63) is 35.7 Å². The summed E-state index contributed by atoms with van der Waals surface area (Å²) in [4.78, 5) is 0. The Hall–Kier alpha value is -2.01. The van der Waals surface area contributed by atoms with Gasteiger partial charge in [0.2, 0.25) is 0 Å². The van der Waals surface area contributed by atoms with Gasteiger partial charge in [0, 0.05) is 17.3 Å². The number of aliphatic hydroxyl groups is 1. The second kappa shape index (κ2) is 5.10. The van der Waals surface area contributed by atoms with Crippen molar-refractivity contribution in [2.45, 2.75) is 13.5 Å². The lowest BCUT2D eigenvalue weighted by Gasteiger charge is -2.10. The van der Waals surface area contributed by atoms with Crippen molar-refractivity contribution in [3.63, 3.8) is 0 Å². The van der Waals surface area contributed by atoms with Crippen LogP contribution in [0.3, 0.4) is 0 Å². The van der Waals surface area contributed by atoms with Crippen LogP contribution in [0.4, 0.5) is 0 Å². The number of nitrogens with zero attached hydrogens (tertiary/aromatic N) is 2. The summed E-state index contributed by atoms with van der Waals surface area (Å²) in [5, 5.41) is 13.4. The molecule has 1 N–H and O–H groups in total. The molecule has 0 fully saturated rings. The average molecular weight is 248 g/mol. The van der Waals surface area contributed by atoms with Crippen LogP contribution in [0, 0.1) is 6.92 Å². The summed E-state index contributed by atoms with van der Waals surface area (Å²) in [7, 11) is 3.19. The van der Waals surface area contributed by atoms with Crippen LogP contribution in [0.2, 0.25) is 0 Å². The Morgan fingerprint density at radius 1 is 1.22 bits per heavy atom. The molecule has 0 saturated heterocycles. The topological polar surface area (TPSA) is 56.5 Å². The molecule has 0 aliphatic carbocycles. The molecule has 0 saturated carbocycles.